The predicted octanol–water partition coefficient (Wildman–Crippen LogP) is 3.83. The van der Waals surface area contributed by atoms with Crippen LogP contribution in [0, 0.1) is 13.8 Å². The number of nitrogens with zero attached hydrogens (tertiary/aromatic N) is 1. The van der Waals surface area contributed by atoms with Crippen molar-refractivity contribution in [2.45, 2.75) is 13.8 Å². The zero-order valence-corrected chi connectivity index (χ0v) is 17.3. The lowest BCUT2D eigenvalue weighted by atomic mass is 10.1. The lowest BCUT2D eigenvalue weighted by Crippen LogP contribution is -2.47. The summed E-state index contributed by atoms with van der Waals surface area (Å²) in [6.07, 6.45) is 0. The highest BCUT2D eigenvalue weighted by Gasteiger charge is 2.25. The Labute approximate surface area is 175 Å². The minimum atomic E-state index is -4.45. The molecule has 3 amide bonds. The molecule has 3 rings (SSSR count). The van der Waals surface area contributed by atoms with Crippen molar-refractivity contribution in [2.75, 3.05) is 4.90 Å². The highest BCUT2D eigenvalue weighted by atomic mass is 32.2. The van der Waals surface area contributed by atoms with Crippen molar-refractivity contribution >= 4 is 33.5 Å². The van der Waals surface area contributed by atoms with E-state index in [-0.39, 0.29) is 5.56 Å². The normalized spacial score (nSPS) is 10.9. The highest BCUT2D eigenvalue weighted by molar-refractivity contribution is 7.88. The third-order valence-corrected chi connectivity index (χ3v) is 5.10. The molecule has 0 spiro atoms. The topological polar surface area (TPSA) is 95.6 Å². The van der Waals surface area contributed by atoms with Gasteiger partial charge in [0.2, 0.25) is 0 Å². The molecule has 0 unspecified atom stereocenters. The minimum Gasteiger partial charge on any atom is -0.268 e. The molecule has 0 fully saturated rings. The smallest absolute Gasteiger partial charge is 0.268 e. The zero-order valence-electron chi connectivity index (χ0n) is 16.5. The summed E-state index contributed by atoms with van der Waals surface area (Å²) in [4.78, 5) is 26.4. The molecule has 0 aliphatic carbocycles. The lowest BCUT2D eigenvalue weighted by molar-refractivity contribution is 0.0981. The Balaban J connectivity index is 1.85. The fourth-order valence-corrected chi connectivity index (χ4v) is 3.62. The number of amides is 3. The maximum absolute atomic E-state index is 12.9. The van der Waals surface area contributed by atoms with E-state index in [0.29, 0.717) is 11.4 Å². The van der Waals surface area contributed by atoms with Gasteiger partial charge in [0.1, 0.15) is 0 Å². The van der Waals surface area contributed by atoms with Crippen molar-refractivity contribution in [2.24, 2.45) is 0 Å². The summed E-state index contributed by atoms with van der Waals surface area (Å²) >= 11 is 0. The van der Waals surface area contributed by atoms with E-state index >= 15 is 0 Å². The molecule has 0 aromatic heterocycles. The summed E-state index contributed by atoms with van der Waals surface area (Å²) in [5, 5.41) is 0. The minimum absolute atomic E-state index is 0.173. The Bertz CT molecular complexity index is 1180. The summed E-state index contributed by atoms with van der Waals surface area (Å²) < 4.78 is 28.7. The summed E-state index contributed by atoms with van der Waals surface area (Å²) in [5.41, 5.74) is 2.83. The average molecular weight is 423 g/mol. The van der Waals surface area contributed by atoms with E-state index in [1.807, 2.05) is 22.4 Å². The van der Waals surface area contributed by atoms with Gasteiger partial charge in [-0.15, -0.1) is 0 Å². The number of para-hydroxylation sites is 1. The second-order valence-corrected chi connectivity index (χ2v) is 8.14. The van der Waals surface area contributed by atoms with Gasteiger partial charge in [-0.2, -0.15) is 8.42 Å². The lowest BCUT2D eigenvalue weighted by Gasteiger charge is -2.23. The quantitative estimate of drug-likeness (QED) is 0.652. The Morgan fingerprint density at radius 2 is 1.33 bits per heavy atom. The van der Waals surface area contributed by atoms with Gasteiger partial charge in [0.15, 0.2) is 0 Å². The first kappa shape index (κ1) is 21.1. The van der Waals surface area contributed by atoms with Gasteiger partial charge >= 0.3 is 16.2 Å². The second kappa shape index (κ2) is 8.79. The van der Waals surface area contributed by atoms with Gasteiger partial charge in [-0.05, 0) is 55.8 Å². The number of urea groups is 1. The van der Waals surface area contributed by atoms with E-state index in [1.54, 1.807) is 73.7 Å². The fraction of sp³-hybridized carbons (Fsp3) is 0.0909. The van der Waals surface area contributed by atoms with Gasteiger partial charge in [-0.25, -0.2) is 14.2 Å². The van der Waals surface area contributed by atoms with E-state index in [0.717, 1.165) is 11.1 Å². The van der Waals surface area contributed by atoms with Crippen LogP contribution in [0.4, 0.5) is 16.2 Å². The number of aryl methyl sites for hydroxylation is 2. The molecule has 0 aliphatic heterocycles. The summed E-state index contributed by atoms with van der Waals surface area (Å²) in [5.74, 6) is -0.833. The molecule has 8 heteroatoms. The van der Waals surface area contributed by atoms with E-state index in [4.69, 9.17) is 0 Å². The number of rotatable bonds is 5. The first-order chi connectivity index (χ1) is 14.2. The second-order valence-electron chi connectivity index (χ2n) is 6.72. The third-order valence-electron chi connectivity index (χ3n) is 4.21. The molecule has 7 nitrogen and oxygen atoms in total. The van der Waals surface area contributed by atoms with Crippen molar-refractivity contribution < 1.29 is 18.0 Å². The van der Waals surface area contributed by atoms with Crippen molar-refractivity contribution in [1.82, 2.24) is 9.44 Å². The van der Waals surface area contributed by atoms with Gasteiger partial charge in [0, 0.05) is 5.56 Å². The molecule has 30 heavy (non-hydrogen) atoms. The summed E-state index contributed by atoms with van der Waals surface area (Å²) in [6.45, 7) is 3.65. The molecule has 0 aliphatic rings. The van der Waals surface area contributed by atoms with Crippen LogP contribution >= 0.6 is 0 Å². The number of carbonyl (C=O) groups is 2. The van der Waals surface area contributed by atoms with Crippen molar-refractivity contribution in [3.8, 4) is 0 Å². The van der Waals surface area contributed by atoms with Crippen LogP contribution < -0.4 is 14.3 Å². The first-order valence-electron chi connectivity index (χ1n) is 9.12. The number of hydrogen-bond donors (Lipinski definition) is 2. The number of anilines is 2. The predicted molar refractivity (Wildman–Crippen MR) is 116 cm³/mol. The molecule has 3 aromatic carbocycles. The highest BCUT2D eigenvalue weighted by Crippen LogP contribution is 2.26. The van der Waals surface area contributed by atoms with Crippen molar-refractivity contribution in [3.05, 3.63) is 95.6 Å². The van der Waals surface area contributed by atoms with Gasteiger partial charge in [0.25, 0.3) is 5.91 Å². The average Bonchev–Trinajstić information content (AvgIpc) is 2.68. The van der Waals surface area contributed by atoms with Crippen LogP contribution in [0.5, 0.6) is 0 Å². The number of benzene rings is 3. The van der Waals surface area contributed by atoms with Crippen LogP contribution in [0.25, 0.3) is 0 Å². The Hall–Kier alpha value is -3.65. The largest absolute Gasteiger partial charge is 0.341 e. The zero-order chi connectivity index (χ0) is 21.7. The molecule has 0 saturated carbocycles. The van der Waals surface area contributed by atoms with E-state index < -0.39 is 22.1 Å². The van der Waals surface area contributed by atoms with Crippen molar-refractivity contribution in [1.29, 1.82) is 0 Å². The molecule has 0 atom stereocenters. The number of carbonyl (C=O) groups excluding carboxylic acids is 2. The van der Waals surface area contributed by atoms with Crippen LogP contribution in [-0.4, -0.2) is 20.4 Å². The molecule has 2 N–H and O–H groups in total. The SMILES string of the molecule is Cc1cccc(C(=O)NS(=O)(=O)NC(=O)N(c2ccccc2)c2cccc(C)c2)c1. The molecule has 0 saturated heterocycles. The van der Waals surface area contributed by atoms with Crippen LogP contribution in [0.15, 0.2) is 78.9 Å². The Morgan fingerprint density at radius 1 is 0.733 bits per heavy atom. The van der Waals surface area contributed by atoms with Crippen LogP contribution in [0.3, 0.4) is 0 Å². The van der Waals surface area contributed by atoms with Gasteiger partial charge < -0.3 is 0 Å². The number of nitrogens with one attached hydrogen (secondary N) is 2. The standard InChI is InChI=1S/C22H21N3O4S/c1-16-8-6-10-18(14-16)21(26)23-30(28,29)24-22(27)25(19-11-4-3-5-12-19)20-13-7-9-17(2)15-20/h3-15H,1-2H3,(H,23,26)(H,24,27). The van der Waals surface area contributed by atoms with Gasteiger partial charge in [-0.3, -0.25) is 9.69 Å². The summed E-state index contributed by atoms with van der Waals surface area (Å²) in [7, 11) is -4.45. The van der Waals surface area contributed by atoms with Crippen molar-refractivity contribution in [3.63, 3.8) is 0 Å². The van der Waals surface area contributed by atoms with E-state index in [1.165, 1.54) is 11.0 Å². The number of hydrogen-bond acceptors (Lipinski definition) is 4. The first-order valence-corrected chi connectivity index (χ1v) is 10.6. The molecule has 0 heterocycles. The molecule has 3 aromatic rings. The molecular formula is C22H21N3O4S. The van der Waals surface area contributed by atoms with Gasteiger partial charge in [0.05, 0.1) is 11.4 Å². The Morgan fingerprint density at radius 3 is 1.97 bits per heavy atom. The molecular weight excluding hydrogens is 402 g/mol. The van der Waals surface area contributed by atoms with Crippen LogP contribution in [-0.2, 0) is 10.2 Å². The third kappa shape index (κ3) is 5.24. The Kier molecular flexibility index (Phi) is 6.17. The van der Waals surface area contributed by atoms with E-state index in [9.17, 15) is 18.0 Å². The molecule has 154 valence electrons. The summed E-state index contributed by atoms with van der Waals surface area (Å²) in [6, 6.07) is 21.2. The van der Waals surface area contributed by atoms with E-state index in [2.05, 4.69) is 0 Å². The van der Waals surface area contributed by atoms with Crippen LogP contribution in [0.2, 0.25) is 0 Å². The maximum atomic E-state index is 12.9. The maximum Gasteiger partial charge on any atom is 0.341 e. The monoisotopic (exact) mass is 423 g/mol. The molecule has 0 bridgehead atoms. The fourth-order valence-electron chi connectivity index (χ4n) is 2.88. The molecule has 0 radical (unpaired) electrons. The van der Waals surface area contributed by atoms with Gasteiger partial charge in [-0.1, -0.05) is 48.0 Å². The van der Waals surface area contributed by atoms with Crippen LogP contribution in [0.1, 0.15) is 21.5 Å².